The molecule has 21 nitrogen and oxygen atoms in total. The zero-order valence-electron chi connectivity index (χ0n) is 40.7. The highest BCUT2D eigenvalue weighted by Gasteiger charge is 2.36. The van der Waals surface area contributed by atoms with E-state index in [1.54, 1.807) is 0 Å². The Bertz CT molecular complexity index is 1490. The van der Waals surface area contributed by atoms with E-state index in [4.69, 9.17) is 22.9 Å². The van der Waals surface area contributed by atoms with Crippen LogP contribution in [0.25, 0.3) is 0 Å². The van der Waals surface area contributed by atoms with Crippen LogP contribution in [0.1, 0.15) is 162 Å². The van der Waals surface area contributed by atoms with E-state index in [1.807, 2.05) is 13.8 Å². The van der Waals surface area contributed by atoms with Crippen LogP contribution in [0, 0.1) is 5.92 Å². The summed E-state index contributed by atoms with van der Waals surface area (Å²) >= 11 is 0. The molecule has 0 radical (unpaired) electrons. The van der Waals surface area contributed by atoms with Gasteiger partial charge in [-0.2, -0.15) is 0 Å². The summed E-state index contributed by atoms with van der Waals surface area (Å²) in [5.74, 6) is -4.94. The topological polar surface area (TPSA) is 361 Å². The molecular formula is C46H88N12O9. The number of carbonyl (C=O) groups is 7. The fraction of sp³-hybridized carbons (Fsp3) is 0.826. The maximum Gasteiger partial charge on any atom is 0.245 e. The van der Waals surface area contributed by atoms with Crippen LogP contribution < -0.4 is 60.2 Å². The number of nitrogens with one attached hydrogen (secondary N) is 7. The summed E-state index contributed by atoms with van der Waals surface area (Å²) in [6.07, 6.45) is 13.4. The third kappa shape index (κ3) is 28.4. The first-order valence-corrected chi connectivity index (χ1v) is 24.9. The van der Waals surface area contributed by atoms with Gasteiger partial charge in [0.2, 0.25) is 41.4 Å². The molecule has 67 heavy (non-hydrogen) atoms. The maximum absolute atomic E-state index is 14.1. The summed E-state index contributed by atoms with van der Waals surface area (Å²) in [7, 11) is 0. The molecule has 0 unspecified atom stereocenters. The van der Waals surface area contributed by atoms with E-state index < -0.39 is 96.7 Å². The lowest BCUT2D eigenvalue weighted by Gasteiger charge is -2.29. The number of nitrogens with zero attached hydrogens (tertiary/aromatic N) is 1. The minimum atomic E-state index is -1.70. The number of carbonyl (C=O) groups excluding carboxylic acids is 7. The molecule has 0 aromatic carbocycles. The number of amides is 7. The van der Waals surface area contributed by atoms with Crippen LogP contribution in [0.4, 0.5) is 0 Å². The molecule has 1 aliphatic rings. The summed E-state index contributed by atoms with van der Waals surface area (Å²) in [4.78, 5) is 96.7. The van der Waals surface area contributed by atoms with Gasteiger partial charge in [0.25, 0.3) is 0 Å². The van der Waals surface area contributed by atoms with E-state index in [0.29, 0.717) is 51.7 Å². The molecule has 7 amide bonds. The number of primary amides is 1. The quantitative estimate of drug-likeness (QED) is 0.0217. The summed E-state index contributed by atoms with van der Waals surface area (Å²) in [5.41, 5.74) is 22.1. The Morgan fingerprint density at radius 1 is 0.701 bits per heavy atom. The zero-order chi connectivity index (χ0) is 50.0. The first-order chi connectivity index (χ1) is 32.0. The summed E-state index contributed by atoms with van der Waals surface area (Å²) in [6.45, 7) is 6.67. The van der Waals surface area contributed by atoms with Gasteiger partial charge in [-0.05, 0) is 83.2 Å². The van der Waals surface area contributed by atoms with Crippen LogP contribution in [0.2, 0.25) is 0 Å². The fourth-order valence-electron chi connectivity index (χ4n) is 7.84. The second-order valence-corrected chi connectivity index (χ2v) is 18.2. The van der Waals surface area contributed by atoms with Crippen LogP contribution in [0.15, 0.2) is 4.99 Å². The van der Waals surface area contributed by atoms with Gasteiger partial charge in [-0.1, -0.05) is 85.0 Å². The Labute approximate surface area is 398 Å². The summed E-state index contributed by atoms with van der Waals surface area (Å²) in [6, 6.07) is -6.82. The van der Waals surface area contributed by atoms with Crippen molar-refractivity contribution in [3.8, 4) is 0 Å². The Morgan fingerprint density at radius 2 is 1.34 bits per heavy atom. The molecule has 1 fully saturated rings. The van der Waals surface area contributed by atoms with Crippen LogP contribution in [-0.2, 0) is 33.6 Å². The number of hydrogen-bond donors (Lipinski definition) is 13. The average Bonchev–Trinajstić information content (AvgIpc) is 3.83. The molecule has 0 aliphatic carbocycles. The molecule has 386 valence electrons. The number of unbranched alkanes of at least 4 members (excludes halogenated alkanes) is 11. The van der Waals surface area contributed by atoms with Gasteiger partial charge in [-0.3, -0.25) is 38.6 Å². The van der Waals surface area contributed by atoms with Gasteiger partial charge >= 0.3 is 0 Å². The highest BCUT2D eigenvalue weighted by molar-refractivity contribution is 5.95. The van der Waals surface area contributed by atoms with Gasteiger partial charge in [-0.15, -0.1) is 0 Å². The minimum Gasteiger partial charge on any atom is -0.394 e. The smallest absolute Gasteiger partial charge is 0.245 e. The number of aliphatic hydroxyl groups is 2. The normalized spacial score (nSPS) is 16.1. The number of rotatable bonds is 39. The van der Waals surface area contributed by atoms with Crippen LogP contribution in [0.5, 0.6) is 0 Å². The van der Waals surface area contributed by atoms with Crippen molar-refractivity contribution < 1.29 is 43.8 Å². The highest BCUT2D eigenvalue weighted by Crippen LogP contribution is 2.15. The minimum absolute atomic E-state index is 0.00885. The monoisotopic (exact) mass is 953 g/mol. The Morgan fingerprint density at radius 3 is 1.91 bits per heavy atom. The summed E-state index contributed by atoms with van der Waals surface area (Å²) < 4.78 is 0. The van der Waals surface area contributed by atoms with E-state index >= 15 is 0 Å². The van der Waals surface area contributed by atoms with E-state index in [1.165, 1.54) is 38.5 Å². The first kappa shape index (κ1) is 60.4. The molecule has 1 saturated heterocycles. The van der Waals surface area contributed by atoms with Gasteiger partial charge in [-0.25, -0.2) is 0 Å². The third-order valence-corrected chi connectivity index (χ3v) is 11.7. The predicted molar refractivity (Wildman–Crippen MR) is 259 cm³/mol. The number of guanidine groups is 1. The molecule has 0 bridgehead atoms. The largest absolute Gasteiger partial charge is 0.394 e. The standard InChI is InChI=1S/C46H88N12O9/c1-4-5-6-7-8-9-10-11-12-13-14-21-39(62)55-35(29-38(48)61)43(65)54-32(19-17-27-53-46(49)50)22-23-37(60)40(58-44(66)36(30-59)57-42(64)33-20-18-26-51-33)45(67)56-34(28-31(2)3)41(63)52-25-16-15-24-47/h31-37,40,51,59-60H,4-30,47H2,1-3H3,(H2,48,61)(H,52,63)(H,54,65)(H,55,62)(H,56,67)(H,57,64)(H,58,66)(H4,49,50,53)/t32-,33-,34+,35-,36+,37+,40+/m1/s1. The van der Waals surface area contributed by atoms with Crippen molar-refractivity contribution in [1.82, 2.24) is 37.2 Å². The van der Waals surface area contributed by atoms with E-state index in [-0.39, 0.29) is 50.5 Å². The van der Waals surface area contributed by atoms with Crippen molar-refractivity contribution in [3.63, 3.8) is 0 Å². The van der Waals surface area contributed by atoms with Gasteiger partial charge in [0.15, 0.2) is 5.96 Å². The lowest BCUT2D eigenvalue weighted by molar-refractivity contribution is -0.137. The molecular weight excluding hydrogens is 865 g/mol. The molecule has 0 spiro atoms. The number of aliphatic imine (C=N–C) groups is 1. The Balaban J connectivity index is 3.22. The van der Waals surface area contributed by atoms with Crippen molar-refractivity contribution >= 4 is 47.3 Å². The van der Waals surface area contributed by atoms with Crippen LogP contribution in [-0.4, -0.2) is 133 Å². The van der Waals surface area contributed by atoms with Crippen molar-refractivity contribution in [2.45, 2.75) is 204 Å². The van der Waals surface area contributed by atoms with E-state index in [0.717, 1.165) is 32.1 Å². The van der Waals surface area contributed by atoms with Gasteiger partial charge < -0.3 is 70.4 Å². The lowest BCUT2D eigenvalue weighted by Crippen LogP contribution is -2.61. The summed E-state index contributed by atoms with van der Waals surface area (Å²) in [5, 5.41) is 40.8. The van der Waals surface area contributed by atoms with Crippen molar-refractivity contribution in [1.29, 1.82) is 0 Å². The second kappa shape index (κ2) is 36.4. The van der Waals surface area contributed by atoms with Gasteiger partial charge in [0.05, 0.1) is 25.2 Å². The van der Waals surface area contributed by atoms with Crippen molar-refractivity contribution in [3.05, 3.63) is 0 Å². The molecule has 1 heterocycles. The maximum atomic E-state index is 14.1. The molecule has 1 aliphatic heterocycles. The van der Waals surface area contributed by atoms with Gasteiger partial charge in [0.1, 0.15) is 24.2 Å². The van der Waals surface area contributed by atoms with Crippen LogP contribution in [0.3, 0.4) is 0 Å². The third-order valence-electron chi connectivity index (χ3n) is 11.7. The van der Waals surface area contributed by atoms with Crippen LogP contribution >= 0.6 is 0 Å². The fourth-order valence-corrected chi connectivity index (χ4v) is 7.84. The van der Waals surface area contributed by atoms with Crippen molar-refractivity contribution in [2.75, 3.05) is 32.8 Å². The molecule has 0 aromatic heterocycles. The average molecular weight is 953 g/mol. The van der Waals surface area contributed by atoms with E-state index in [9.17, 15) is 43.8 Å². The first-order valence-electron chi connectivity index (χ1n) is 24.9. The SMILES string of the molecule is CCCCCCCCCCCCCC(=O)N[C@H](CC(N)=O)C(=O)N[C@H](CCCN=C(N)N)CC[C@H](O)[C@H](NC(=O)[C@H](CO)NC(=O)[C@H]1CCCN1)C(=O)N[C@@H](CC(C)C)C(=O)NCCCCN. The van der Waals surface area contributed by atoms with Crippen molar-refractivity contribution in [2.24, 2.45) is 33.8 Å². The second-order valence-electron chi connectivity index (χ2n) is 18.2. The number of aliphatic hydroxyl groups excluding tert-OH is 2. The molecule has 1 rings (SSSR count). The molecule has 0 saturated carbocycles. The number of nitrogens with two attached hydrogens (primary N) is 4. The predicted octanol–water partition coefficient (Wildman–Crippen LogP) is -0.173. The highest BCUT2D eigenvalue weighted by atomic mass is 16.3. The molecule has 17 N–H and O–H groups in total. The molecule has 7 atom stereocenters. The molecule has 0 aromatic rings. The zero-order valence-corrected chi connectivity index (χ0v) is 40.7. The van der Waals surface area contributed by atoms with E-state index in [2.05, 4.69) is 49.1 Å². The Kier molecular flexibility index (Phi) is 32.9. The lowest BCUT2D eigenvalue weighted by atomic mass is 9.97. The van der Waals surface area contributed by atoms with Gasteiger partial charge in [0, 0.05) is 25.6 Å². The Hall–Kier alpha value is -4.60. The number of hydrogen-bond acceptors (Lipinski definition) is 12. The molecule has 21 heteroatoms.